The first-order valence-corrected chi connectivity index (χ1v) is 14.2. The predicted octanol–water partition coefficient (Wildman–Crippen LogP) is 5.23. The van der Waals surface area contributed by atoms with Crippen molar-refractivity contribution in [2.75, 3.05) is 6.54 Å². The van der Waals surface area contributed by atoms with Crippen molar-refractivity contribution < 1.29 is 14.3 Å². The summed E-state index contributed by atoms with van der Waals surface area (Å²) >= 11 is 1.78. The maximum atomic E-state index is 12.6. The molecule has 3 heterocycles. The Morgan fingerprint density at radius 3 is 2.48 bits per heavy atom. The molecule has 0 radical (unpaired) electrons. The SMILES string of the molecule is Cc1cc(OCc2nnc(SC3CCCC3)n2-c2cccnc2)ccc1C#CCN1C(=O)c2ccccc2C1=O. The molecule has 1 aliphatic heterocycles. The van der Waals surface area contributed by atoms with Gasteiger partial charge in [-0.1, -0.05) is 48.6 Å². The molecule has 0 saturated heterocycles. The van der Waals surface area contributed by atoms with E-state index in [1.54, 1.807) is 42.2 Å². The number of aromatic nitrogens is 4. The summed E-state index contributed by atoms with van der Waals surface area (Å²) in [5, 5.41) is 10.4. The van der Waals surface area contributed by atoms with Crippen molar-refractivity contribution >= 4 is 23.6 Å². The largest absolute Gasteiger partial charge is 0.486 e. The number of fused-ring (bicyclic) bond motifs is 1. The second kappa shape index (κ2) is 11.4. The fourth-order valence-electron chi connectivity index (χ4n) is 4.98. The number of ether oxygens (including phenoxy) is 1. The molecule has 2 aliphatic rings. The highest BCUT2D eigenvalue weighted by atomic mass is 32.2. The lowest BCUT2D eigenvalue weighted by molar-refractivity contribution is 0.0675. The summed E-state index contributed by atoms with van der Waals surface area (Å²) in [5.41, 5.74) is 3.49. The zero-order valence-electron chi connectivity index (χ0n) is 22.0. The lowest BCUT2D eigenvalue weighted by Crippen LogP contribution is -2.30. The van der Waals surface area contributed by atoms with Gasteiger partial charge in [0.05, 0.1) is 29.6 Å². The van der Waals surface area contributed by atoms with Crippen molar-refractivity contribution in [1.82, 2.24) is 24.6 Å². The van der Waals surface area contributed by atoms with Crippen LogP contribution in [0.1, 0.15) is 63.4 Å². The highest BCUT2D eigenvalue weighted by Crippen LogP contribution is 2.35. The lowest BCUT2D eigenvalue weighted by Gasteiger charge is -2.13. The minimum absolute atomic E-state index is 0.0369. The second-order valence-corrected chi connectivity index (χ2v) is 11.0. The molecule has 1 fully saturated rings. The Kier molecular flexibility index (Phi) is 7.34. The molecule has 4 aromatic rings. The number of nitrogens with zero attached hydrogens (tertiary/aromatic N) is 5. The van der Waals surface area contributed by atoms with Crippen LogP contribution in [0.15, 0.2) is 72.1 Å². The number of hydrogen-bond acceptors (Lipinski definition) is 7. The molecule has 0 spiro atoms. The molecule has 200 valence electrons. The van der Waals surface area contributed by atoms with Crippen LogP contribution in [-0.4, -0.2) is 48.3 Å². The Bertz CT molecular complexity index is 1600. The van der Waals surface area contributed by atoms with Gasteiger partial charge in [-0.2, -0.15) is 0 Å². The number of carbonyl (C=O) groups is 2. The zero-order chi connectivity index (χ0) is 27.5. The van der Waals surface area contributed by atoms with E-state index in [-0.39, 0.29) is 25.0 Å². The summed E-state index contributed by atoms with van der Waals surface area (Å²) in [7, 11) is 0. The fraction of sp³-hybridized carbons (Fsp3) is 0.258. The summed E-state index contributed by atoms with van der Waals surface area (Å²) in [6, 6.07) is 16.4. The summed E-state index contributed by atoms with van der Waals surface area (Å²) < 4.78 is 8.15. The second-order valence-electron chi connectivity index (χ2n) is 9.78. The molecule has 2 aromatic heterocycles. The van der Waals surface area contributed by atoms with Gasteiger partial charge in [0.25, 0.3) is 11.8 Å². The van der Waals surface area contributed by atoms with Crippen molar-refractivity contribution in [3.63, 3.8) is 0 Å². The maximum Gasteiger partial charge on any atom is 0.262 e. The van der Waals surface area contributed by atoms with Crippen molar-refractivity contribution in [1.29, 1.82) is 0 Å². The van der Waals surface area contributed by atoms with Gasteiger partial charge in [-0.05, 0) is 67.8 Å². The van der Waals surface area contributed by atoms with Crippen LogP contribution < -0.4 is 4.74 Å². The van der Waals surface area contributed by atoms with E-state index < -0.39 is 0 Å². The molecule has 0 N–H and O–H groups in total. The highest BCUT2D eigenvalue weighted by Gasteiger charge is 2.34. The van der Waals surface area contributed by atoms with Gasteiger partial charge in [0.15, 0.2) is 11.0 Å². The normalized spacial score (nSPS) is 14.8. The van der Waals surface area contributed by atoms with Crippen molar-refractivity contribution in [2.45, 2.75) is 49.6 Å². The van der Waals surface area contributed by atoms with E-state index in [4.69, 9.17) is 4.74 Å². The summed E-state index contributed by atoms with van der Waals surface area (Å²) in [4.78, 5) is 30.6. The van der Waals surface area contributed by atoms with Gasteiger partial charge in [0, 0.05) is 17.0 Å². The van der Waals surface area contributed by atoms with Crippen LogP contribution >= 0.6 is 11.8 Å². The van der Waals surface area contributed by atoms with Crippen molar-refractivity contribution in [3.8, 4) is 23.3 Å². The first-order valence-electron chi connectivity index (χ1n) is 13.3. The number of pyridine rings is 1. The van der Waals surface area contributed by atoms with E-state index in [0.717, 1.165) is 22.0 Å². The van der Waals surface area contributed by atoms with E-state index in [1.807, 2.05) is 48.0 Å². The molecule has 1 saturated carbocycles. The van der Waals surface area contributed by atoms with E-state index >= 15 is 0 Å². The van der Waals surface area contributed by atoms with Crippen LogP contribution in [0.2, 0.25) is 0 Å². The molecule has 8 nitrogen and oxygen atoms in total. The molecule has 1 aliphatic carbocycles. The van der Waals surface area contributed by atoms with E-state index in [9.17, 15) is 9.59 Å². The van der Waals surface area contributed by atoms with Gasteiger partial charge in [0.1, 0.15) is 12.4 Å². The number of hydrogen-bond donors (Lipinski definition) is 0. The molecule has 0 bridgehead atoms. The standard InChI is InChI=1S/C31H27N5O3S/c1-21-18-24(15-14-22(21)8-7-17-35-29(37)26-12-4-5-13-27(26)30(35)38)39-20-28-33-34-31(40-25-10-2-3-11-25)36(28)23-9-6-16-32-19-23/h4-6,9,12-16,18-19,25H,2-3,10-11,17,20H2,1H3. The minimum Gasteiger partial charge on any atom is -0.486 e. The number of thioether (sulfide) groups is 1. The Labute approximate surface area is 236 Å². The topological polar surface area (TPSA) is 90.2 Å². The molecule has 2 amide bonds. The van der Waals surface area contributed by atoms with Crippen LogP contribution in [0.25, 0.3) is 5.69 Å². The molecular weight excluding hydrogens is 522 g/mol. The third-order valence-corrected chi connectivity index (χ3v) is 8.36. The van der Waals surface area contributed by atoms with Crippen LogP contribution in [0.3, 0.4) is 0 Å². The molecule has 6 rings (SSSR count). The van der Waals surface area contributed by atoms with Crippen LogP contribution in [-0.2, 0) is 6.61 Å². The quantitative estimate of drug-likeness (QED) is 0.230. The first kappa shape index (κ1) is 25.8. The summed E-state index contributed by atoms with van der Waals surface area (Å²) in [6.07, 6.45) is 8.48. The fourth-order valence-corrected chi connectivity index (χ4v) is 6.25. The molecule has 0 unspecified atom stereocenters. The van der Waals surface area contributed by atoms with Gasteiger partial charge in [-0.25, -0.2) is 0 Å². The van der Waals surface area contributed by atoms with Crippen LogP contribution in [0.5, 0.6) is 5.75 Å². The minimum atomic E-state index is -0.306. The van der Waals surface area contributed by atoms with Gasteiger partial charge < -0.3 is 4.74 Å². The number of rotatable bonds is 7. The smallest absolute Gasteiger partial charge is 0.262 e. The number of carbonyl (C=O) groups excluding carboxylic acids is 2. The average molecular weight is 550 g/mol. The molecule has 9 heteroatoms. The molecule has 2 aromatic carbocycles. The van der Waals surface area contributed by atoms with Gasteiger partial charge in [-0.15, -0.1) is 10.2 Å². The number of imide groups is 1. The highest BCUT2D eigenvalue weighted by molar-refractivity contribution is 7.99. The Balaban J connectivity index is 1.14. The van der Waals surface area contributed by atoms with Gasteiger partial charge in [0.2, 0.25) is 0 Å². The lowest BCUT2D eigenvalue weighted by atomic mass is 10.1. The van der Waals surface area contributed by atoms with Gasteiger partial charge >= 0.3 is 0 Å². The predicted molar refractivity (Wildman–Crippen MR) is 151 cm³/mol. The third-order valence-electron chi connectivity index (χ3n) is 7.08. The monoisotopic (exact) mass is 549 g/mol. The van der Waals surface area contributed by atoms with Crippen molar-refractivity contribution in [3.05, 3.63) is 95.1 Å². The van der Waals surface area contributed by atoms with E-state index in [1.165, 1.54) is 30.6 Å². The molecular formula is C31H27N5O3S. The van der Waals surface area contributed by atoms with Crippen LogP contribution in [0, 0.1) is 18.8 Å². The Morgan fingerprint density at radius 2 is 1.77 bits per heavy atom. The Hall–Kier alpha value is -4.42. The number of benzene rings is 2. The number of aryl methyl sites for hydroxylation is 1. The number of amides is 2. The van der Waals surface area contributed by atoms with Gasteiger partial charge in [-0.3, -0.25) is 24.0 Å². The zero-order valence-corrected chi connectivity index (χ0v) is 22.9. The van der Waals surface area contributed by atoms with E-state index in [0.29, 0.717) is 28.0 Å². The van der Waals surface area contributed by atoms with Crippen molar-refractivity contribution in [2.24, 2.45) is 0 Å². The van der Waals surface area contributed by atoms with E-state index in [2.05, 4.69) is 27.0 Å². The third kappa shape index (κ3) is 5.23. The van der Waals surface area contributed by atoms with Crippen LogP contribution in [0.4, 0.5) is 0 Å². The summed E-state index contributed by atoms with van der Waals surface area (Å²) in [5.74, 6) is 6.85. The Morgan fingerprint density at radius 1 is 1.00 bits per heavy atom. The average Bonchev–Trinajstić information content (AvgIpc) is 3.70. The molecule has 40 heavy (non-hydrogen) atoms. The summed E-state index contributed by atoms with van der Waals surface area (Å²) in [6.45, 7) is 2.24. The molecule has 0 atom stereocenters. The maximum absolute atomic E-state index is 12.6. The first-order chi connectivity index (χ1) is 19.6.